The van der Waals surface area contributed by atoms with Gasteiger partial charge in [-0.15, -0.1) is 11.3 Å². The molecule has 0 bridgehead atoms. The first-order valence-corrected chi connectivity index (χ1v) is 9.22. The molecule has 0 aliphatic carbocycles. The smallest absolute Gasteiger partial charge is 0.271 e. The van der Waals surface area contributed by atoms with Crippen LogP contribution in [0.15, 0.2) is 42.0 Å². The lowest BCUT2D eigenvalue weighted by molar-refractivity contribution is 0.0946. The molecule has 2 heterocycles. The summed E-state index contributed by atoms with van der Waals surface area (Å²) in [6, 6.07) is 7.27. The van der Waals surface area contributed by atoms with Gasteiger partial charge in [0.15, 0.2) is 16.6 Å². The predicted octanol–water partition coefficient (Wildman–Crippen LogP) is 3.24. The third kappa shape index (κ3) is 4.49. The van der Waals surface area contributed by atoms with Gasteiger partial charge in [-0.2, -0.15) is 0 Å². The lowest BCUT2D eigenvalue weighted by Gasteiger charge is -2.14. The highest BCUT2D eigenvalue weighted by Gasteiger charge is 2.15. The van der Waals surface area contributed by atoms with E-state index in [1.54, 1.807) is 51.2 Å². The van der Waals surface area contributed by atoms with Gasteiger partial charge in [0.1, 0.15) is 5.69 Å². The number of rotatable bonds is 8. The van der Waals surface area contributed by atoms with Crippen molar-refractivity contribution in [1.82, 2.24) is 15.3 Å². The van der Waals surface area contributed by atoms with Crippen LogP contribution >= 0.6 is 11.3 Å². The Labute approximate surface area is 166 Å². The number of thiazole rings is 1. The second-order valence-corrected chi connectivity index (χ2v) is 6.48. The summed E-state index contributed by atoms with van der Waals surface area (Å²) in [6.45, 7) is 0.290. The second-order valence-electron chi connectivity index (χ2n) is 5.62. The Kier molecular flexibility index (Phi) is 6.28. The van der Waals surface area contributed by atoms with Gasteiger partial charge in [0, 0.05) is 18.1 Å². The molecule has 146 valence electrons. The molecule has 0 fully saturated rings. The Morgan fingerprint density at radius 1 is 1.14 bits per heavy atom. The number of nitrogens with one attached hydrogen (secondary N) is 2. The number of methoxy groups -OCH3 is 3. The largest absolute Gasteiger partial charge is 0.493 e. The minimum absolute atomic E-state index is 0.274. The van der Waals surface area contributed by atoms with E-state index in [4.69, 9.17) is 14.2 Å². The first-order chi connectivity index (χ1) is 13.6. The number of pyridine rings is 1. The highest BCUT2D eigenvalue weighted by atomic mass is 32.1. The van der Waals surface area contributed by atoms with Crippen LogP contribution in [0.4, 0.5) is 10.8 Å². The summed E-state index contributed by atoms with van der Waals surface area (Å²) in [4.78, 5) is 20.8. The number of anilines is 2. The van der Waals surface area contributed by atoms with Crippen molar-refractivity contribution in [2.24, 2.45) is 0 Å². The van der Waals surface area contributed by atoms with Crippen LogP contribution in [0.5, 0.6) is 17.2 Å². The third-order valence-electron chi connectivity index (χ3n) is 3.83. The number of amides is 1. The molecule has 0 saturated heterocycles. The average Bonchev–Trinajstić information content (AvgIpc) is 3.20. The maximum atomic E-state index is 12.4. The minimum atomic E-state index is -0.274. The summed E-state index contributed by atoms with van der Waals surface area (Å²) in [5, 5.41) is 8.27. The van der Waals surface area contributed by atoms with Crippen LogP contribution < -0.4 is 24.8 Å². The first-order valence-electron chi connectivity index (χ1n) is 8.34. The van der Waals surface area contributed by atoms with Crippen LogP contribution in [0.25, 0.3) is 0 Å². The van der Waals surface area contributed by atoms with Crippen LogP contribution in [-0.4, -0.2) is 37.2 Å². The van der Waals surface area contributed by atoms with Crippen molar-refractivity contribution < 1.29 is 19.0 Å². The Balaban J connectivity index is 1.66. The van der Waals surface area contributed by atoms with E-state index < -0.39 is 0 Å². The van der Waals surface area contributed by atoms with Crippen molar-refractivity contribution >= 4 is 28.1 Å². The number of carbonyl (C=O) groups excluding carboxylic acids is 1. The van der Waals surface area contributed by atoms with Crippen molar-refractivity contribution in [2.45, 2.75) is 6.54 Å². The molecule has 0 radical (unpaired) electrons. The molecule has 0 atom stereocenters. The van der Waals surface area contributed by atoms with Gasteiger partial charge in [0.25, 0.3) is 5.91 Å². The molecule has 0 saturated carbocycles. The molecule has 1 aromatic carbocycles. The Bertz CT molecular complexity index is 921. The maximum Gasteiger partial charge on any atom is 0.271 e. The van der Waals surface area contributed by atoms with E-state index in [0.29, 0.717) is 34.6 Å². The van der Waals surface area contributed by atoms with Gasteiger partial charge >= 0.3 is 0 Å². The standard InChI is InChI=1S/C19H20N4O4S/c1-25-15-7-12(8-16(26-2)17(15)27-3)9-21-18(24)14-11-28-19(23-14)22-13-5-4-6-20-10-13/h4-8,10-11H,9H2,1-3H3,(H,21,24)(H,22,23). The molecule has 8 nitrogen and oxygen atoms in total. The van der Waals surface area contributed by atoms with Crippen molar-refractivity contribution in [2.75, 3.05) is 26.6 Å². The fourth-order valence-electron chi connectivity index (χ4n) is 2.51. The second kappa shape index (κ2) is 9.05. The van der Waals surface area contributed by atoms with Gasteiger partial charge in [0.05, 0.1) is 33.2 Å². The number of nitrogens with zero attached hydrogens (tertiary/aromatic N) is 2. The molecule has 0 unspecified atom stereocenters. The van der Waals surface area contributed by atoms with Crippen molar-refractivity contribution in [1.29, 1.82) is 0 Å². The topological polar surface area (TPSA) is 94.6 Å². The molecular formula is C19H20N4O4S. The van der Waals surface area contributed by atoms with E-state index in [9.17, 15) is 4.79 Å². The fourth-order valence-corrected chi connectivity index (χ4v) is 3.22. The minimum Gasteiger partial charge on any atom is -0.493 e. The van der Waals surface area contributed by atoms with E-state index in [1.807, 2.05) is 12.1 Å². The quantitative estimate of drug-likeness (QED) is 0.599. The van der Waals surface area contributed by atoms with E-state index in [2.05, 4.69) is 20.6 Å². The molecule has 28 heavy (non-hydrogen) atoms. The van der Waals surface area contributed by atoms with Crippen LogP contribution in [0.1, 0.15) is 16.1 Å². The summed E-state index contributed by atoms with van der Waals surface area (Å²) >= 11 is 1.34. The van der Waals surface area contributed by atoms with Gasteiger partial charge in [-0.05, 0) is 29.8 Å². The van der Waals surface area contributed by atoms with E-state index in [1.165, 1.54) is 11.3 Å². The molecule has 3 aromatic rings. The lowest BCUT2D eigenvalue weighted by Crippen LogP contribution is -2.23. The number of aromatic nitrogens is 2. The molecule has 0 aliphatic heterocycles. The first kappa shape index (κ1) is 19.4. The number of carbonyl (C=O) groups is 1. The van der Waals surface area contributed by atoms with Crippen molar-refractivity contribution in [3.05, 3.63) is 53.3 Å². The predicted molar refractivity (Wildman–Crippen MR) is 107 cm³/mol. The Morgan fingerprint density at radius 2 is 1.89 bits per heavy atom. The highest BCUT2D eigenvalue weighted by molar-refractivity contribution is 7.14. The Morgan fingerprint density at radius 3 is 2.50 bits per heavy atom. The number of hydrogen-bond donors (Lipinski definition) is 2. The molecule has 3 rings (SSSR count). The zero-order valence-electron chi connectivity index (χ0n) is 15.7. The van der Waals surface area contributed by atoms with Gasteiger partial charge in [0.2, 0.25) is 5.75 Å². The molecule has 2 aromatic heterocycles. The van der Waals surface area contributed by atoms with Crippen molar-refractivity contribution in [3.63, 3.8) is 0 Å². The summed E-state index contributed by atoms with van der Waals surface area (Å²) in [7, 11) is 4.64. The van der Waals surface area contributed by atoms with Crippen LogP contribution in [0, 0.1) is 0 Å². The van der Waals surface area contributed by atoms with E-state index in [0.717, 1.165) is 11.3 Å². The van der Waals surface area contributed by atoms with Gasteiger partial charge in [-0.3, -0.25) is 9.78 Å². The van der Waals surface area contributed by atoms with Gasteiger partial charge in [-0.25, -0.2) is 4.98 Å². The average molecular weight is 400 g/mol. The lowest BCUT2D eigenvalue weighted by atomic mass is 10.1. The third-order valence-corrected chi connectivity index (χ3v) is 4.58. The Hall–Kier alpha value is -3.33. The number of hydrogen-bond acceptors (Lipinski definition) is 8. The summed E-state index contributed by atoms with van der Waals surface area (Å²) in [5.41, 5.74) is 1.96. The van der Waals surface area contributed by atoms with Crippen LogP contribution in [-0.2, 0) is 6.54 Å². The van der Waals surface area contributed by atoms with E-state index >= 15 is 0 Å². The molecule has 2 N–H and O–H groups in total. The van der Waals surface area contributed by atoms with Gasteiger partial charge < -0.3 is 24.8 Å². The molecule has 0 spiro atoms. The number of benzene rings is 1. The highest BCUT2D eigenvalue weighted by Crippen LogP contribution is 2.38. The molecule has 9 heteroatoms. The summed E-state index contributed by atoms with van der Waals surface area (Å²) in [5.74, 6) is 1.29. The van der Waals surface area contributed by atoms with Crippen molar-refractivity contribution in [3.8, 4) is 17.2 Å². The molecular weight excluding hydrogens is 380 g/mol. The maximum absolute atomic E-state index is 12.4. The molecule has 1 amide bonds. The fraction of sp³-hybridized carbons (Fsp3) is 0.211. The van der Waals surface area contributed by atoms with Gasteiger partial charge in [-0.1, -0.05) is 0 Å². The van der Waals surface area contributed by atoms with E-state index in [-0.39, 0.29) is 5.91 Å². The summed E-state index contributed by atoms with van der Waals surface area (Å²) < 4.78 is 16.0. The number of ether oxygens (including phenoxy) is 3. The monoisotopic (exact) mass is 400 g/mol. The zero-order valence-corrected chi connectivity index (χ0v) is 16.5. The van der Waals surface area contributed by atoms with Crippen LogP contribution in [0.3, 0.4) is 0 Å². The normalized spacial score (nSPS) is 10.2. The summed E-state index contributed by atoms with van der Waals surface area (Å²) in [6.07, 6.45) is 3.38. The van der Waals surface area contributed by atoms with Crippen LogP contribution in [0.2, 0.25) is 0 Å². The molecule has 0 aliphatic rings. The zero-order chi connectivity index (χ0) is 19.9. The SMILES string of the molecule is COc1cc(CNC(=O)c2csc(Nc3cccnc3)n2)cc(OC)c1OC.